The van der Waals surface area contributed by atoms with Crippen molar-refractivity contribution in [3.8, 4) is 0 Å². The van der Waals surface area contributed by atoms with Crippen molar-refractivity contribution in [3.63, 3.8) is 0 Å². The van der Waals surface area contributed by atoms with Crippen molar-refractivity contribution in [1.29, 1.82) is 0 Å². The van der Waals surface area contributed by atoms with Crippen LogP contribution in [0.1, 0.15) is 30.8 Å². The second-order valence-corrected chi connectivity index (χ2v) is 5.30. The van der Waals surface area contributed by atoms with Crippen molar-refractivity contribution >= 4 is 28.8 Å². The van der Waals surface area contributed by atoms with Crippen LogP contribution in [0.5, 0.6) is 0 Å². The molecule has 2 rings (SSSR count). The quantitative estimate of drug-likeness (QED) is 0.818. The number of ether oxygens (including phenoxy) is 1. The Hall–Kier alpha value is -2.96. The molecule has 2 N–H and O–H groups in total. The fourth-order valence-corrected chi connectivity index (χ4v) is 1.91. The molecule has 0 saturated carbocycles. The molecule has 0 aliphatic rings. The van der Waals surface area contributed by atoms with Crippen LogP contribution >= 0.6 is 0 Å². The van der Waals surface area contributed by atoms with E-state index in [0.29, 0.717) is 5.52 Å². The van der Waals surface area contributed by atoms with Gasteiger partial charge in [-0.2, -0.15) is 0 Å². The average Bonchev–Trinajstić information content (AvgIpc) is 2.58. The van der Waals surface area contributed by atoms with Gasteiger partial charge in [0.1, 0.15) is 5.69 Å². The first-order chi connectivity index (χ1) is 11.5. The third kappa shape index (κ3) is 4.77. The maximum atomic E-state index is 11.9. The topological polar surface area (TPSA) is 97.4 Å². The number of carbonyl (C=O) groups excluding carboxylic acids is 3. The minimum Gasteiger partial charge on any atom is -0.451 e. The summed E-state index contributed by atoms with van der Waals surface area (Å²) in [6.45, 7) is 3.17. The van der Waals surface area contributed by atoms with Crippen LogP contribution in [0.2, 0.25) is 0 Å². The Kier molecular flexibility index (Phi) is 5.83. The number of esters is 1. The van der Waals surface area contributed by atoms with Gasteiger partial charge in [-0.1, -0.05) is 31.2 Å². The van der Waals surface area contributed by atoms with Crippen molar-refractivity contribution in [2.45, 2.75) is 26.3 Å². The van der Waals surface area contributed by atoms with Crippen molar-refractivity contribution in [1.82, 2.24) is 15.6 Å². The van der Waals surface area contributed by atoms with Crippen LogP contribution in [0.25, 0.3) is 10.9 Å². The molecule has 1 heterocycles. The van der Waals surface area contributed by atoms with E-state index in [1.54, 1.807) is 12.1 Å². The molecule has 1 aromatic carbocycles. The molecule has 0 bridgehead atoms. The number of rotatable bonds is 5. The second-order valence-electron chi connectivity index (χ2n) is 5.30. The summed E-state index contributed by atoms with van der Waals surface area (Å²) in [4.78, 5) is 39.2. The molecule has 1 aromatic heterocycles. The molecular formula is C17H19N3O4. The number of imide groups is 1. The number of hydrogen-bond donors (Lipinski definition) is 2. The lowest BCUT2D eigenvalue weighted by Crippen LogP contribution is -2.44. The Labute approximate surface area is 139 Å². The van der Waals surface area contributed by atoms with Crippen LogP contribution in [0.15, 0.2) is 36.4 Å². The smallest absolute Gasteiger partial charge is 0.357 e. The molecule has 2 aromatic rings. The normalized spacial score (nSPS) is 11.6. The highest BCUT2D eigenvalue weighted by Gasteiger charge is 2.14. The summed E-state index contributed by atoms with van der Waals surface area (Å²) in [6, 6.07) is 9.94. The highest BCUT2D eigenvalue weighted by Crippen LogP contribution is 2.12. The molecule has 0 saturated heterocycles. The number of fused-ring (bicyclic) bond motifs is 1. The molecule has 0 unspecified atom stereocenters. The van der Waals surface area contributed by atoms with Gasteiger partial charge in [0.15, 0.2) is 6.61 Å². The number of urea groups is 1. The Balaban J connectivity index is 1.87. The predicted octanol–water partition coefficient (Wildman–Crippen LogP) is 2.02. The van der Waals surface area contributed by atoms with E-state index >= 15 is 0 Å². The molecule has 0 spiro atoms. The predicted molar refractivity (Wildman–Crippen MR) is 88.5 cm³/mol. The first-order valence-electron chi connectivity index (χ1n) is 7.63. The maximum Gasteiger partial charge on any atom is 0.357 e. The van der Waals surface area contributed by atoms with Crippen LogP contribution in [0.4, 0.5) is 4.79 Å². The van der Waals surface area contributed by atoms with Crippen LogP contribution in [-0.4, -0.2) is 35.5 Å². The van der Waals surface area contributed by atoms with Crippen molar-refractivity contribution < 1.29 is 19.1 Å². The second kappa shape index (κ2) is 8.05. The van der Waals surface area contributed by atoms with E-state index in [4.69, 9.17) is 4.74 Å². The van der Waals surface area contributed by atoms with E-state index in [2.05, 4.69) is 15.6 Å². The van der Waals surface area contributed by atoms with E-state index in [0.717, 1.165) is 11.8 Å². The van der Waals surface area contributed by atoms with Crippen molar-refractivity contribution in [2.24, 2.45) is 0 Å². The zero-order chi connectivity index (χ0) is 17.5. The zero-order valence-corrected chi connectivity index (χ0v) is 13.5. The Morgan fingerprint density at radius 3 is 2.67 bits per heavy atom. The fourth-order valence-electron chi connectivity index (χ4n) is 1.91. The average molecular weight is 329 g/mol. The minimum absolute atomic E-state index is 0.0536. The van der Waals surface area contributed by atoms with Crippen molar-refractivity contribution in [2.75, 3.05) is 6.61 Å². The molecule has 0 aliphatic heterocycles. The highest BCUT2D eigenvalue weighted by molar-refractivity contribution is 5.97. The standard InChI is InChI=1S/C17H19N3O4/c1-3-11(2)18-17(23)20-15(21)10-24-16(22)14-9-8-12-6-4-5-7-13(12)19-14/h4-9,11H,3,10H2,1-2H3,(H2,18,20,21,23)/t11-/m1/s1. The van der Waals surface area contributed by atoms with Crippen LogP contribution in [0.3, 0.4) is 0 Å². The number of amides is 3. The van der Waals surface area contributed by atoms with Crippen LogP contribution < -0.4 is 10.6 Å². The molecular weight excluding hydrogens is 310 g/mol. The number of nitrogens with one attached hydrogen (secondary N) is 2. The lowest BCUT2D eigenvalue weighted by molar-refractivity contribution is -0.123. The van der Waals surface area contributed by atoms with Crippen LogP contribution in [-0.2, 0) is 9.53 Å². The molecule has 24 heavy (non-hydrogen) atoms. The van der Waals surface area contributed by atoms with E-state index in [-0.39, 0.29) is 11.7 Å². The van der Waals surface area contributed by atoms with Gasteiger partial charge in [0, 0.05) is 11.4 Å². The van der Waals surface area contributed by atoms with E-state index in [1.807, 2.05) is 32.0 Å². The maximum absolute atomic E-state index is 11.9. The number of pyridine rings is 1. The summed E-state index contributed by atoms with van der Waals surface area (Å²) in [5.41, 5.74) is 0.759. The number of benzene rings is 1. The zero-order valence-electron chi connectivity index (χ0n) is 13.5. The largest absolute Gasteiger partial charge is 0.451 e. The minimum atomic E-state index is -0.724. The first-order valence-corrected chi connectivity index (χ1v) is 7.63. The van der Waals surface area contributed by atoms with Gasteiger partial charge >= 0.3 is 12.0 Å². The van der Waals surface area contributed by atoms with Gasteiger partial charge in [-0.15, -0.1) is 0 Å². The van der Waals surface area contributed by atoms with Gasteiger partial charge in [0.05, 0.1) is 5.52 Å². The molecule has 126 valence electrons. The van der Waals surface area contributed by atoms with E-state index in [9.17, 15) is 14.4 Å². The van der Waals surface area contributed by atoms with Gasteiger partial charge in [-0.3, -0.25) is 10.1 Å². The molecule has 0 radical (unpaired) electrons. The van der Waals surface area contributed by atoms with Gasteiger partial charge in [-0.05, 0) is 25.5 Å². The Bertz CT molecular complexity index is 760. The van der Waals surface area contributed by atoms with Crippen molar-refractivity contribution in [3.05, 3.63) is 42.1 Å². The molecule has 3 amide bonds. The SMILES string of the molecule is CC[C@@H](C)NC(=O)NC(=O)COC(=O)c1ccc2ccccc2n1. The van der Waals surface area contributed by atoms with Gasteiger partial charge in [0.2, 0.25) is 0 Å². The number of nitrogens with zero attached hydrogens (tertiary/aromatic N) is 1. The van der Waals surface area contributed by atoms with Crippen LogP contribution in [0, 0.1) is 0 Å². The summed E-state index contributed by atoms with van der Waals surface area (Å²) >= 11 is 0. The lowest BCUT2D eigenvalue weighted by Gasteiger charge is -2.11. The monoisotopic (exact) mass is 329 g/mol. The van der Waals surface area contributed by atoms with Gasteiger partial charge < -0.3 is 10.1 Å². The Morgan fingerprint density at radius 2 is 1.92 bits per heavy atom. The molecule has 0 fully saturated rings. The van der Waals surface area contributed by atoms with E-state index < -0.39 is 24.5 Å². The molecule has 0 aliphatic carbocycles. The number of aromatic nitrogens is 1. The third-order valence-electron chi connectivity index (χ3n) is 3.38. The van der Waals surface area contributed by atoms with Gasteiger partial charge in [-0.25, -0.2) is 14.6 Å². The number of hydrogen-bond acceptors (Lipinski definition) is 5. The van der Waals surface area contributed by atoms with Gasteiger partial charge in [0.25, 0.3) is 5.91 Å². The lowest BCUT2D eigenvalue weighted by atomic mass is 10.2. The molecule has 7 nitrogen and oxygen atoms in total. The molecule has 1 atom stereocenters. The van der Waals surface area contributed by atoms with E-state index in [1.165, 1.54) is 6.07 Å². The number of carbonyl (C=O) groups is 3. The fraction of sp³-hybridized carbons (Fsp3) is 0.294. The number of para-hydroxylation sites is 1. The first kappa shape index (κ1) is 17.4. The highest BCUT2D eigenvalue weighted by atomic mass is 16.5. The summed E-state index contributed by atoms with van der Waals surface area (Å²) < 4.78 is 4.88. The summed E-state index contributed by atoms with van der Waals surface area (Å²) in [5, 5.41) is 5.57. The summed E-state index contributed by atoms with van der Waals surface area (Å²) in [6.07, 6.45) is 0.740. The summed E-state index contributed by atoms with van der Waals surface area (Å²) in [7, 11) is 0. The third-order valence-corrected chi connectivity index (χ3v) is 3.38. The summed E-state index contributed by atoms with van der Waals surface area (Å²) in [5.74, 6) is -1.43. The molecule has 7 heteroatoms. The Morgan fingerprint density at radius 1 is 1.17 bits per heavy atom.